The summed E-state index contributed by atoms with van der Waals surface area (Å²) in [5.41, 5.74) is 3.64. The van der Waals surface area contributed by atoms with E-state index in [1.165, 1.54) is 30.4 Å². The molecule has 1 N–H and O–H groups in total. The van der Waals surface area contributed by atoms with Crippen molar-refractivity contribution in [2.45, 2.75) is 25.7 Å². The molecule has 33 heavy (non-hydrogen) atoms. The summed E-state index contributed by atoms with van der Waals surface area (Å²) in [7, 11) is 0. The molecule has 5 rings (SSSR count). The third-order valence-corrected chi connectivity index (χ3v) is 6.19. The third kappa shape index (κ3) is 4.42. The van der Waals surface area contributed by atoms with Crippen LogP contribution in [0.25, 0.3) is 16.8 Å². The van der Waals surface area contributed by atoms with E-state index in [0.717, 1.165) is 29.7 Å². The number of aromatic nitrogens is 2. The number of anilines is 1. The van der Waals surface area contributed by atoms with Crippen molar-refractivity contribution < 1.29 is 18.7 Å². The standard InChI is InChI=1S/C25H20FN3O3S/c1-15(30)32-25-22(16-6-10-19(11-7-16)27-24(31)21-3-2-14-33-21)23(17-4-5-17)28-29(25)20-12-8-18(26)9-13-20/h2-3,6-14,17H,4-5H2,1H3,(H,27,31). The molecule has 0 aliphatic heterocycles. The van der Waals surface area contributed by atoms with Gasteiger partial charge in [0.05, 0.1) is 21.8 Å². The molecule has 1 saturated carbocycles. The summed E-state index contributed by atoms with van der Waals surface area (Å²) in [6.45, 7) is 1.34. The molecule has 1 fully saturated rings. The van der Waals surface area contributed by atoms with E-state index in [0.29, 0.717) is 22.1 Å². The summed E-state index contributed by atoms with van der Waals surface area (Å²) in [6.07, 6.45) is 2.00. The predicted molar refractivity (Wildman–Crippen MR) is 125 cm³/mol. The van der Waals surface area contributed by atoms with Gasteiger partial charge in [0.2, 0.25) is 5.88 Å². The zero-order valence-electron chi connectivity index (χ0n) is 17.7. The summed E-state index contributed by atoms with van der Waals surface area (Å²) in [5, 5.41) is 9.49. The van der Waals surface area contributed by atoms with E-state index in [1.807, 2.05) is 35.7 Å². The molecule has 2 aromatic heterocycles. The van der Waals surface area contributed by atoms with Gasteiger partial charge in [-0.05, 0) is 66.2 Å². The number of nitrogens with zero attached hydrogens (tertiary/aromatic N) is 2. The van der Waals surface area contributed by atoms with Gasteiger partial charge in [0, 0.05) is 18.5 Å². The summed E-state index contributed by atoms with van der Waals surface area (Å²) in [5.74, 6) is -0.425. The molecule has 0 unspecified atom stereocenters. The van der Waals surface area contributed by atoms with E-state index < -0.39 is 5.97 Å². The normalized spacial score (nSPS) is 13.0. The Balaban J connectivity index is 1.54. The van der Waals surface area contributed by atoms with Gasteiger partial charge in [0.25, 0.3) is 5.91 Å². The maximum atomic E-state index is 13.5. The van der Waals surface area contributed by atoms with E-state index in [4.69, 9.17) is 9.84 Å². The van der Waals surface area contributed by atoms with Crippen LogP contribution in [0.15, 0.2) is 66.0 Å². The Morgan fingerprint density at radius 1 is 1.09 bits per heavy atom. The number of halogens is 1. The molecule has 0 atom stereocenters. The molecule has 0 spiro atoms. The highest BCUT2D eigenvalue weighted by molar-refractivity contribution is 7.12. The number of hydrogen-bond donors (Lipinski definition) is 1. The first-order valence-corrected chi connectivity index (χ1v) is 11.4. The topological polar surface area (TPSA) is 73.2 Å². The number of rotatable bonds is 6. The SMILES string of the molecule is CC(=O)Oc1c(-c2ccc(NC(=O)c3cccs3)cc2)c(C2CC2)nn1-c1ccc(F)cc1. The lowest BCUT2D eigenvalue weighted by molar-refractivity contribution is -0.132. The highest BCUT2D eigenvalue weighted by atomic mass is 32.1. The van der Waals surface area contributed by atoms with Crippen molar-refractivity contribution in [3.05, 3.63) is 82.4 Å². The average Bonchev–Trinajstić information content (AvgIpc) is 3.36. The number of benzene rings is 2. The number of hydrogen-bond acceptors (Lipinski definition) is 5. The van der Waals surface area contributed by atoms with Gasteiger partial charge in [-0.2, -0.15) is 9.78 Å². The predicted octanol–water partition coefficient (Wildman–Crippen LogP) is 5.79. The van der Waals surface area contributed by atoms with Crippen LogP contribution in [0.3, 0.4) is 0 Å². The van der Waals surface area contributed by atoms with Crippen molar-refractivity contribution in [3.8, 4) is 22.7 Å². The lowest BCUT2D eigenvalue weighted by Crippen LogP contribution is -2.10. The van der Waals surface area contributed by atoms with Crippen molar-refractivity contribution in [1.29, 1.82) is 0 Å². The van der Waals surface area contributed by atoms with Crippen LogP contribution in [0.4, 0.5) is 10.1 Å². The Kier molecular flexibility index (Phi) is 5.51. The molecule has 4 aromatic rings. The Morgan fingerprint density at radius 2 is 1.82 bits per heavy atom. The highest BCUT2D eigenvalue weighted by Crippen LogP contribution is 2.48. The molecule has 2 heterocycles. The van der Waals surface area contributed by atoms with Crippen LogP contribution >= 0.6 is 11.3 Å². The van der Waals surface area contributed by atoms with Gasteiger partial charge >= 0.3 is 5.97 Å². The van der Waals surface area contributed by atoms with E-state index in [-0.39, 0.29) is 17.6 Å². The largest absolute Gasteiger partial charge is 0.407 e. The molecule has 166 valence electrons. The minimum absolute atomic E-state index is 0.166. The number of thiophene rings is 1. The lowest BCUT2D eigenvalue weighted by Gasteiger charge is -2.10. The van der Waals surface area contributed by atoms with Gasteiger partial charge in [0.15, 0.2) is 0 Å². The van der Waals surface area contributed by atoms with Gasteiger partial charge in [-0.1, -0.05) is 18.2 Å². The minimum atomic E-state index is -0.471. The molecule has 1 aliphatic carbocycles. The van der Waals surface area contributed by atoms with Crippen LogP contribution in [0, 0.1) is 5.82 Å². The second-order valence-corrected chi connectivity index (χ2v) is 8.78. The second-order valence-electron chi connectivity index (χ2n) is 7.83. The quantitative estimate of drug-likeness (QED) is 0.369. The van der Waals surface area contributed by atoms with Crippen molar-refractivity contribution in [1.82, 2.24) is 9.78 Å². The van der Waals surface area contributed by atoms with Gasteiger partial charge < -0.3 is 10.1 Å². The van der Waals surface area contributed by atoms with Crippen molar-refractivity contribution >= 4 is 28.9 Å². The Hall–Kier alpha value is -3.78. The third-order valence-electron chi connectivity index (χ3n) is 5.32. The first kappa shape index (κ1) is 21.1. The number of carbonyl (C=O) groups is 2. The van der Waals surface area contributed by atoms with Crippen molar-refractivity contribution in [2.24, 2.45) is 0 Å². The van der Waals surface area contributed by atoms with Gasteiger partial charge in [-0.15, -0.1) is 11.3 Å². The second kappa shape index (κ2) is 8.63. The van der Waals surface area contributed by atoms with E-state index in [1.54, 1.807) is 22.9 Å². The Labute approximate surface area is 193 Å². The fourth-order valence-corrected chi connectivity index (χ4v) is 4.26. The smallest absolute Gasteiger partial charge is 0.309 e. The molecule has 6 nitrogen and oxygen atoms in total. The monoisotopic (exact) mass is 461 g/mol. The lowest BCUT2D eigenvalue weighted by atomic mass is 10.0. The number of amides is 1. The van der Waals surface area contributed by atoms with E-state index >= 15 is 0 Å². The Bertz CT molecular complexity index is 1310. The zero-order valence-corrected chi connectivity index (χ0v) is 18.6. The summed E-state index contributed by atoms with van der Waals surface area (Å²) < 4.78 is 20.6. The maximum Gasteiger partial charge on any atom is 0.309 e. The van der Waals surface area contributed by atoms with Gasteiger partial charge in [0.1, 0.15) is 5.82 Å². The molecule has 0 saturated heterocycles. The van der Waals surface area contributed by atoms with Crippen LogP contribution in [-0.2, 0) is 4.79 Å². The molecule has 1 amide bonds. The van der Waals surface area contributed by atoms with Crippen LogP contribution in [0.2, 0.25) is 0 Å². The molecule has 2 aromatic carbocycles. The molecule has 0 bridgehead atoms. The first-order chi connectivity index (χ1) is 16.0. The summed E-state index contributed by atoms with van der Waals surface area (Å²) in [4.78, 5) is 24.9. The fourth-order valence-electron chi connectivity index (χ4n) is 3.64. The first-order valence-electron chi connectivity index (χ1n) is 10.5. The minimum Gasteiger partial charge on any atom is -0.407 e. The number of esters is 1. The maximum absolute atomic E-state index is 13.5. The van der Waals surface area contributed by atoms with E-state index in [2.05, 4.69) is 5.32 Å². The molecular weight excluding hydrogens is 441 g/mol. The molecule has 0 radical (unpaired) electrons. The molecule has 1 aliphatic rings. The van der Waals surface area contributed by atoms with Gasteiger partial charge in [-0.25, -0.2) is 4.39 Å². The summed E-state index contributed by atoms with van der Waals surface area (Å²) in [6, 6.07) is 16.8. The van der Waals surface area contributed by atoms with Crippen molar-refractivity contribution in [3.63, 3.8) is 0 Å². The average molecular weight is 462 g/mol. The Morgan fingerprint density at radius 3 is 2.42 bits per heavy atom. The fraction of sp³-hybridized carbons (Fsp3) is 0.160. The van der Waals surface area contributed by atoms with Crippen molar-refractivity contribution in [2.75, 3.05) is 5.32 Å². The molecule has 8 heteroatoms. The van der Waals surface area contributed by atoms with Crippen LogP contribution < -0.4 is 10.1 Å². The summed E-state index contributed by atoms with van der Waals surface area (Å²) >= 11 is 1.38. The van der Waals surface area contributed by atoms with Gasteiger partial charge in [-0.3, -0.25) is 9.59 Å². The van der Waals surface area contributed by atoms with Crippen LogP contribution in [0.5, 0.6) is 5.88 Å². The number of ether oxygens (including phenoxy) is 1. The number of nitrogens with one attached hydrogen (secondary N) is 1. The van der Waals surface area contributed by atoms with Crippen LogP contribution in [0.1, 0.15) is 41.0 Å². The molecular formula is C25H20FN3O3S. The highest BCUT2D eigenvalue weighted by Gasteiger charge is 2.34. The number of carbonyl (C=O) groups excluding carboxylic acids is 2. The van der Waals surface area contributed by atoms with E-state index in [9.17, 15) is 14.0 Å². The zero-order chi connectivity index (χ0) is 22.9. The van der Waals surface area contributed by atoms with Crippen LogP contribution in [-0.4, -0.2) is 21.7 Å².